The summed E-state index contributed by atoms with van der Waals surface area (Å²) in [5, 5.41) is 3.29. The predicted molar refractivity (Wildman–Crippen MR) is 67.2 cm³/mol. The molecular formula is C14H23N. The Morgan fingerprint density at radius 1 is 1.13 bits per heavy atom. The molecule has 0 fully saturated rings. The summed E-state index contributed by atoms with van der Waals surface area (Å²) in [6.07, 6.45) is 2.43. The van der Waals surface area contributed by atoms with Gasteiger partial charge in [-0.25, -0.2) is 0 Å². The average Bonchev–Trinajstić information content (AvgIpc) is 2.21. The Balaban J connectivity index is 2.44. The first kappa shape index (κ1) is 12.3. The van der Waals surface area contributed by atoms with Crippen LogP contribution in [-0.2, 0) is 6.42 Å². The van der Waals surface area contributed by atoms with Crippen LogP contribution in [0.25, 0.3) is 0 Å². The summed E-state index contributed by atoms with van der Waals surface area (Å²) in [7, 11) is 2.03. The van der Waals surface area contributed by atoms with Crippen LogP contribution in [0, 0.1) is 12.8 Å². The van der Waals surface area contributed by atoms with Crippen LogP contribution in [0.3, 0.4) is 0 Å². The normalized spacial score (nSPS) is 14.9. The lowest BCUT2D eigenvalue weighted by Gasteiger charge is -2.16. The minimum Gasteiger partial charge on any atom is -0.317 e. The SMILES string of the molecule is CNC(C)CC(C)Cc1ccc(C)cc1. The fourth-order valence-electron chi connectivity index (χ4n) is 1.93. The molecule has 2 unspecified atom stereocenters. The van der Waals surface area contributed by atoms with E-state index in [1.807, 2.05) is 7.05 Å². The van der Waals surface area contributed by atoms with Gasteiger partial charge in [-0.05, 0) is 45.2 Å². The molecule has 0 saturated carbocycles. The van der Waals surface area contributed by atoms with E-state index in [-0.39, 0.29) is 0 Å². The van der Waals surface area contributed by atoms with Crippen molar-refractivity contribution in [1.29, 1.82) is 0 Å². The second-order valence-electron chi connectivity index (χ2n) is 4.72. The molecule has 1 aromatic carbocycles. The number of hydrogen-bond acceptors (Lipinski definition) is 1. The van der Waals surface area contributed by atoms with E-state index in [9.17, 15) is 0 Å². The third-order valence-electron chi connectivity index (χ3n) is 2.95. The Hall–Kier alpha value is -0.820. The molecule has 0 bridgehead atoms. The predicted octanol–water partition coefficient (Wildman–Crippen LogP) is 3.17. The Morgan fingerprint density at radius 2 is 1.73 bits per heavy atom. The summed E-state index contributed by atoms with van der Waals surface area (Å²) in [6.45, 7) is 6.70. The molecule has 0 heterocycles. The number of aryl methyl sites for hydroxylation is 1. The molecular weight excluding hydrogens is 182 g/mol. The minimum atomic E-state index is 0.616. The van der Waals surface area contributed by atoms with Crippen LogP contribution in [0.2, 0.25) is 0 Å². The van der Waals surface area contributed by atoms with Crippen molar-refractivity contribution in [3.05, 3.63) is 35.4 Å². The first-order chi connectivity index (χ1) is 7.11. The summed E-state index contributed by atoms with van der Waals surface area (Å²) in [6, 6.07) is 9.50. The maximum atomic E-state index is 3.29. The summed E-state index contributed by atoms with van der Waals surface area (Å²) in [5.74, 6) is 0.746. The van der Waals surface area contributed by atoms with Gasteiger partial charge in [0.2, 0.25) is 0 Å². The van der Waals surface area contributed by atoms with Crippen LogP contribution in [0.15, 0.2) is 24.3 Å². The van der Waals surface area contributed by atoms with E-state index in [1.54, 1.807) is 0 Å². The highest BCUT2D eigenvalue weighted by Gasteiger charge is 2.07. The third kappa shape index (κ3) is 4.48. The average molecular weight is 205 g/mol. The third-order valence-corrected chi connectivity index (χ3v) is 2.95. The zero-order chi connectivity index (χ0) is 11.3. The summed E-state index contributed by atoms with van der Waals surface area (Å²) >= 11 is 0. The van der Waals surface area contributed by atoms with Gasteiger partial charge in [0, 0.05) is 6.04 Å². The largest absolute Gasteiger partial charge is 0.317 e. The molecule has 0 amide bonds. The minimum absolute atomic E-state index is 0.616. The van der Waals surface area contributed by atoms with Crippen LogP contribution in [0.1, 0.15) is 31.4 Å². The van der Waals surface area contributed by atoms with E-state index >= 15 is 0 Å². The molecule has 0 radical (unpaired) electrons. The molecule has 0 aliphatic carbocycles. The van der Waals surface area contributed by atoms with Crippen molar-refractivity contribution in [2.75, 3.05) is 7.05 Å². The van der Waals surface area contributed by atoms with Crippen molar-refractivity contribution in [1.82, 2.24) is 5.32 Å². The molecule has 1 N–H and O–H groups in total. The highest BCUT2D eigenvalue weighted by Crippen LogP contribution is 2.14. The van der Waals surface area contributed by atoms with Crippen LogP contribution in [-0.4, -0.2) is 13.1 Å². The molecule has 0 aliphatic heterocycles. The molecule has 2 atom stereocenters. The smallest absolute Gasteiger partial charge is 0.00383 e. The quantitative estimate of drug-likeness (QED) is 0.778. The zero-order valence-corrected chi connectivity index (χ0v) is 10.4. The van der Waals surface area contributed by atoms with Gasteiger partial charge in [0.15, 0.2) is 0 Å². The first-order valence-electron chi connectivity index (χ1n) is 5.84. The molecule has 0 spiro atoms. The van der Waals surface area contributed by atoms with Gasteiger partial charge >= 0.3 is 0 Å². The van der Waals surface area contributed by atoms with E-state index in [0.29, 0.717) is 6.04 Å². The van der Waals surface area contributed by atoms with Gasteiger partial charge in [0.1, 0.15) is 0 Å². The molecule has 1 heteroatoms. The first-order valence-corrected chi connectivity index (χ1v) is 5.84. The lowest BCUT2D eigenvalue weighted by molar-refractivity contribution is 0.440. The highest BCUT2D eigenvalue weighted by molar-refractivity contribution is 5.21. The van der Waals surface area contributed by atoms with Gasteiger partial charge in [0.25, 0.3) is 0 Å². The molecule has 0 saturated heterocycles. The lowest BCUT2D eigenvalue weighted by Crippen LogP contribution is -2.24. The van der Waals surface area contributed by atoms with E-state index in [2.05, 4.69) is 50.4 Å². The van der Waals surface area contributed by atoms with E-state index in [4.69, 9.17) is 0 Å². The number of nitrogens with one attached hydrogen (secondary N) is 1. The van der Waals surface area contributed by atoms with Crippen molar-refractivity contribution >= 4 is 0 Å². The summed E-state index contributed by atoms with van der Waals surface area (Å²) in [5.41, 5.74) is 2.80. The fraction of sp³-hybridized carbons (Fsp3) is 0.571. The Morgan fingerprint density at radius 3 is 2.27 bits per heavy atom. The van der Waals surface area contributed by atoms with Crippen molar-refractivity contribution in [3.8, 4) is 0 Å². The molecule has 1 nitrogen and oxygen atoms in total. The summed E-state index contributed by atoms with van der Waals surface area (Å²) in [4.78, 5) is 0. The fourth-order valence-corrected chi connectivity index (χ4v) is 1.93. The second-order valence-corrected chi connectivity index (χ2v) is 4.72. The van der Waals surface area contributed by atoms with E-state index < -0.39 is 0 Å². The van der Waals surface area contributed by atoms with Crippen LogP contribution in [0.4, 0.5) is 0 Å². The van der Waals surface area contributed by atoms with Gasteiger partial charge in [-0.1, -0.05) is 36.8 Å². The monoisotopic (exact) mass is 205 g/mol. The van der Waals surface area contributed by atoms with Gasteiger partial charge in [-0.3, -0.25) is 0 Å². The highest BCUT2D eigenvalue weighted by atomic mass is 14.8. The molecule has 1 rings (SSSR count). The molecule has 84 valence electrons. The molecule has 0 aromatic heterocycles. The van der Waals surface area contributed by atoms with Crippen molar-refractivity contribution in [2.45, 2.75) is 39.7 Å². The molecule has 0 aliphatic rings. The molecule has 15 heavy (non-hydrogen) atoms. The molecule has 1 aromatic rings. The van der Waals surface area contributed by atoms with Gasteiger partial charge in [-0.15, -0.1) is 0 Å². The standard InChI is InChI=1S/C14H23N/c1-11-5-7-14(8-6-11)10-12(2)9-13(3)15-4/h5-8,12-13,15H,9-10H2,1-4H3. The topological polar surface area (TPSA) is 12.0 Å². The van der Waals surface area contributed by atoms with E-state index in [0.717, 1.165) is 5.92 Å². The van der Waals surface area contributed by atoms with Crippen molar-refractivity contribution in [3.63, 3.8) is 0 Å². The van der Waals surface area contributed by atoms with Crippen LogP contribution in [0.5, 0.6) is 0 Å². The lowest BCUT2D eigenvalue weighted by atomic mass is 9.95. The summed E-state index contributed by atoms with van der Waals surface area (Å²) < 4.78 is 0. The van der Waals surface area contributed by atoms with Crippen molar-refractivity contribution < 1.29 is 0 Å². The Bertz CT molecular complexity index is 276. The number of hydrogen-bond donors (Lipinski definition) is 1. The Kier molecular flexibility index (Phi) is 4.83. The van der Waals surface area contributed by atoms with Crippen LogP contribution < -0.4 is 5.32 Å². The van der Waals surface area contributed by atoms with Gasteiger partial charge in [-0.2, -0.15) is 0 Å². The van der Waals surface area contributed by atoms with Crippen molar-refractivity contribution in [2.24, 2.45) is 5.92 Å². The van der Waals surface area contributed by atoms with Gasteiger partial charge in [0.05, 0.1) is 0 Å². The maximum absolute atomic E-state index is 3.29. The van der Waals surface area contributed by atoms with Gasteiger partial charge < -0.3 is 5.32 Å². The number of benzene rings is 1. The maximum Gasteiger partial charge on any atom is 0.00383 e. The van der Waals surface area contributed by atoms with E-state index in [1.165, 1.54) is 24.0 Å². The Labute approximate surface area is 93.9 Å². The van der Waals surface area contributed by atoms with Crippen LogP contribution >= 0.6 is 0 Å². The second kappa shape index (κ2) is 5.92. The zero-order valence-electron chi connectivity index (χ0n) is 10.4. The number of rotatable bonds is 5.